The first-order valence-electron chi connectivity index (χ1n) is 8.05. The average molecular weight is 334 g/mol. The highest BCUT2D eigenvalue weighted by Crippen LogP contribution is 2.25. The van der Waals surface area contributed by atoms with Gasteiger partial charge in [-0.2, -0.15) is 0 Å². The van der Waals surface area contributed by atoms with Crippen LogP contribution in [-0.2, 0) is 19.1 Å². The smallest absolute Gasteiger partial charge is 0.319 e. The van der Waals surface area contributed by atoms with E-state index in [0.717, 1.165) is 11.3 Å². The van der Waals surface area contributed by atoms with Crippen molar-refractivity contribution in [3.05, 3.63) is 24.3 Å². The van der Waals surface area contributed by atoms with Gasteiger partial charge in [0.25, 0.3) is 5.91 Å². The van der Waals surface area contributed by atoms with E-state index in [9.17, 15) is 14.4 Å². The lowest BCUT2D eigenvalue weighted by Crippen LogP contribution is -2.41. The summed E-state index contributed by atoms with van der Waals surface area (Å²) in [7, 11) is 0. The molecule has 0 spiro atoms. The van der Waals surface area contributed by atoms with Gasteiger partial charge in [-0.3, -0.25) is 19.7 Å². The largest absolute Gasteiger partial charge is 0.494 e. The molecule has 1 fully saturated rings. The van der Waals surface area contributed by atoms with Gasteiger partial charge in [-0.1, -0.05) is 6.92 Å². The molecule has 1 aromatic carbocycles. The van der Waals surface area contributed by atoms with Crippen LogP contribution < -0.4 is 15.0 Å². The highest BCUT2D eigenvalue weighted by atomic mass is 16.5. The molecular weight excluding hydrogens is 312 g/mol. The van der Waals surface area contributed by atoms with E-state index in [1.807, 2.05) is 6.92 Å². The molecule has 0 saturated carbocycles. The van der Waals surface area contributed by atoms with Gasteiger partial charge in [-0.05, 0) is 37.6 Å². The molecule has 0 radical (unpaired) electrons. The number of anilines is 1. The third-order valence-corrected chi connectivity index (χ3v) is 3.51. The van der Waals surface area contributed by atoms with Crippen molar-refractivity contribution in [3.8, 4) is 5.75 Å². The van der Waals surface area contributed by atoms with Gasteiger partial charge in [0.15, 0.2) is 0 Å². The third kappa shape index (κ3) is 4.32. The third-order valence-electron chi connectivity index (χ3n) is 3.51. The minimum Gasteiger partial charge on any atom is -0.494 e. The SMILES string of the molecule is CCCOc1ccc(N2C(=O)C[C@H](NCC(=O)OCC)C2=O)cc1. The first-order chi connectivity index (χ1) is 11.6. The molecule has 1 atom stereocenters. The van der Waals surface area contributed by atoms with E-state index in [1.54, 1.807) is 31.2 Å². The van der Waals surface area contributed by atoms with E-state index in [0.29, 0.717) is 18.0 Å². The normalized spacial score (nSPS) is 17.2. The molecule has 0 aromatic heterocycles. The number of hydrogen-bond acceptors (Lipinski definition) is 6. The summed E-state index contributed by atoms with van der Waals surface area (Å²) in [5.41, 5.74) is 0.495. The van der Waals surface area contributed by atoms with Crippen LogP contribution in [0, 0.1) is 0 Å². The van der Waals surface area contributed by atoms with Gasteiger partial charge in [0.1, 0.15) is 5.75 Å². The van der Waals surface area contributed by atoms with Gasteiger partial charge >= 0.3 is 5.97 Å². The number of nitrogens with one attached hydrogen (secondary N) is 1. The van der Waals surface area contributed by atoms with Crippen molar-refractivity contribution in [1.82, 2.24) is 5.32 Å². The van der Waals surface area contributed by atoms with Gasteiger partial charge < -0.3 is 9.47 Å². The fraction of sp³-hybridized carbons (Fsp3) is 0.471. The van der Waals surface area contributed by atoms with E-state index in [1.165, 1.54) is 0 Å². The number of nitrogens with zero attached hydrogens (tertiary/aromatic N) is 1. The van der Waals surface area contributed by atoms with Crippen molar-refractivity contribution < 1.29 is 23.9 Å². The number of hydrogen-bond donors (Lipinski definition) is 1. The van der Waals surface area contributed by atoms with Crippen molar-refractivity contribution in [3.63, 3.8) is 0 Å². The molecule has 2 amide bonds. The molecule has 2 rings (SSSR count). The molecule has 1 aliphatic rings. The number of carbonyl (C=O) groups is 3. The fourth-order valence-corrected chi connectivity index (χ4v) is 2.39. The number of ether oxygens (including phenoxy) is 2. The fourth-order valence-electron chi connectivity index (χ4n) is 2.39. The van der Waals surface area contributed by atoms with E-state index >= 15 is 0 Å². The predicted molar refractivity (Wildman–Crippen MR) is 87.8 cm³/mol. The van der Waals surface area contributed by atoms with E-state index in [4.69, 9.17) is 9.47 Å². The molecule has 1 N–H and O–H groups in total. The van der Waals surface area contributed by atoms with Gasteiger partial charge in [-0.25, -0.2) is 4.90 Å². The summed E-state index contributed by atoms with van der Waals surface area (Å²) < 4.78 is 10.3. The zero-order valence-electron chi connectivity index (χ0n) is 13.9. The van der Waals surface area contributed by atoms with E-state index in [-0.39, 0.29) is 31.4 Å². The van der Waals surface area contributed by atoms with Crippen LogP contribution >= 0.6 is 0 Å². The second-order valence-electron chi connectivity index (χ2n) is 5.35. The number of esters is 1. The predicted octanol–water partition coefficient (Wildman–Crippen LogP) is 1.26. The number of rotatable bonds is 8. The minimum absolute atomic E-state index is 0.0202. The summed E-state index contributed by atoms with van der Waals surface area (Å²) in [6.07, 6.45) is 0.922. The topological polar surface area (TPSA) is 84.9 Å². The molecular formula is C17H22N2O5. The molecule has 1 saturated heterocycles. The number of carbonyl (C=O) groups excluding carboxylic acids is 3. The Labute approximate surface area is 140 Å². The summed E-state index contributed by atoms with van der Waals surface area (Å²) in [5, 5.41) is 2.77. The Hall–Kier alpha value is -2.41. The molecule has 24 heavy (non-hydrogen) atoms. The average Bonchev–Trinajstić information content (AvgIpc) is 2.86. The Bertz CT molecular complexity index is 600. The minimum atomic E-state index is -0.710. The number of benzene rings is 1. The maximum absolute atomic E-state index is 12.4. The summed E-state index contributed by atoms with van der Waals surface area (Å²) in [4.78, 5) is 37.0. The van der Waals surface area contributed by atoms with Crippen molar-refractivity contribution in [2.24, 2.45) is 0 Å². The second-order valence-corrected chi connectivity index (χ2v) is 5.35. The molecule has 0 unspecified atom stereocenters. The summed E-state index contributed by atoms with van der Waals surface area (Å²) in [6.45, 7) is 4.50. The van der Waals surface area contributed by atoms with Crippen LogP contribution in [0.1, 0.15) is 26.7 Å². The van der Waals surface area contributed by atoms with Crippen LogP contribution in [0.15, 0.2) is 24.3 Å². The van der Waals surface area contributed by atoms with Crippen LogP contribution in [-0.4, -0.2) is 43.6 Å². The lowest BCUT2D eigenvalue weighted by molar-refractivity contribution is -0.142. The molecule has 1 aromatic rings. The summed E-state index contributed by atoms with van der Waals surface area (Å²) in [5.74, 6) is -0.430. The maximum atomic E-state index is 12.4. The first kappa shape index (κ1) is 17.9. The molecule has 7 nitrogen and oxygen atoms in total. The van der Waals surface area contributed by atoms with E-state index < -0.39 is 12.0 Å². The van der Waals surface area contributed by atoms with Crippen molar-refractivity contribution in [1.29, 1.82) is 0 Å². The Morgan fingerprint density at radius 3 is 2.58 bits per heavy atom. The zero-order chi connectivity index (χ0) is 17.5. The molecule has 0 bridgehead atoms. The number of amides is 2. The molecule has 130 valence electrons. The maximum Gasteiger partial charge on any atom is 0.319 e. The first-order valence-corrected chi connectivity index (χ1v) is 8.05. The Balaban J connectivity index is 1.99. The van der Waals surface area contributed by atoms with Gasteiger partial charge in [0, 0.05) is 0 Å². The van der Waals surface area contributed by atoms with Crippen LogP contribution in [0.4, 0.5) is 5.69 Å². The van der Waals surface area contributed by atoms with Crippen LogP contribution in [0.5, 0.6) is 5.75 Å². The molecule has 1 aliphatic heterocycles. The van der Waals surface area contributed by atoms with Crippen LogP contribution in [0.2, 0.25) is 0 Å². The Morgan fingerprint density at radius 2 is 1.96 bits per heavy atom. The lowest BCUT2D eigenvalue weighted by atomic mass is 10.2. The van der Waals surface area contributed by atoms with Crippen molar-refractivity contribution in [2.75, 3.05) is 24.7 Å². The zero-order valence-corrected chi connectivity index (χ0v) is 13.9. The monoisotopic (exact) mass is 334 g/mol. The second kappa shape index (κ2) is 8.44. The quantitative estimate of drug-likeness (QED) is 0.569. The highest BCUT2D eigenvalue weighted by molar-refractivity contribution is 6.22. The molecule has 7 heteroatoms. The summed E-state index contributed by atoms with van der Waals surface area (Å²) >= 11 is 0. The lowest BCUT2D eigenvalue weighted by Gasteiger charge is -2.16. The van der Waals surface area contributed by atoms with E-state index in [2.05, 4.69) is 5.32 Å². The number of imide groups is 1. The molecule has 1 heterocycles. The standard InChI is InChI=1S/C17H22N2O5/c1-3-9-24-13-7-5-12(6-8-13)19-15(20)10-14(17(19)22)18-11-16(21)23-4-2/h5-8,14,18H,3-4,9-11H2,1-2H3/t14-/m0/s1. The Morgan fingerprint density at radius 1 is 1.25 bits per heavy atom. The van der Waals surface area contributed by atoms with Crippen LogP contribution in [0.3, 0.4) is 0 Å². The summed E-state index contributed by atoms with van der Waals surface area (Å²) in [6, 6.07) is 6.09. The van der Waals surface area contributed by atoms with Gasteiger partial charge in [0.2, 0.25) is 5.91 Å². The van der Waals surface area contributed by atoms with Crippen LogP contribution in [0.25, 0.3) is 0 Å². The van der Waals surface area contributed by atoms with Crippen molar-refractivity contribution in [2.45, 2.75) is 32.7 Å². The highest BCUT2D eigenvalue weighted by Gasteiger charge is 2.39. The molecule has 0 aliphatic carbocycles. The Kier molecular flexibility index (Phi) is 6.31. The van der Waals surface area contributed by atoms with Gasteiger partial charge in [0.05, 0.1) is 37.9 Å². The van der Waals surface area contributed by atoms with Gasteiger partial charge in [-0.15, -0.1) is 0 Å². The van der Waals surface area contributed by atoms with Crippen molar-refractivity contribution >= 4 is 23.5 Å².